The molecule has 1 aromatic heterocycles. The van der Waals surface area contributed by atoms with Crippen LogP contribution < -0.4 is 14.4 Å². The number of nitrogens with zero attached hydrogens (tertiary/aromatic N) is 1. The van der Waals surface area contributed by atoms with Crippen molar-refractivity contribution < 1.29 is 17.9 Å². The normalized spacial score (nSPS) is 11.0. The molecule has 6 nitrogen and oxygen atoms in total. The third kappa shape index (κ3) is 4.82. The minimum absolute atomic E-state index is 0.265. The molecule has 8 heteroatoms. The van der Waals surface area contributed by atoms with Gasteiger partial charge in [0.1, 0.15) is 15.7 Å². The topological polar surface area (TPSA) is 75.7 Å². The lowest BCUT2D eigenvalue weighted by molar-refractivity contribution is 0.102. The monoisotopic (exact) mass is 464 g/mol. The van der Waals surface area contributed by atoms with E-state index < -0.39 is 10.0 Å². The van der Waals surface area contributed by atoms with Crippen molar-refractivity contribution >= 4 is 38.6 Å². The summed E-state index contributed by atoms with van der Waals surface area (Å²) in [6.45, 7) is 0. The predicted molar refractivity (Wildman–Crippen MR) is 127 cm³/mol. The second-order valence-electron chi connectivity index (χ2n) is 6.85. The number of hydrogen-bond donors (Lipinski definition) is 1. The van der Waals surface area contributed by atoms with Crippen molar-refractivity contribution in [1.29, 1.82) is 0 Å². The average Bonchev–Trinajstić information content (AvgIpc) is 3.37. The number of anilines is 2. The highest BCUT2D eigenvalue weighted by Crippen LogP contribution is 2.26. The maximum atomic E-state index is 12.6. The first-order valence-electron chi connectivity index (χ1n) is 9.70. The standard InChI is InChI=1S/C24H20N2O4S2/c1-26(32(28,29)23-8-5-17-31-23)20-13-9-18(10-14-20)24(27)25-19-11-15-22(16-12-19)30-21-6-3-2-4-7-21/h2-17H,1H3,(H,25,27). The number of para-hydroxylation sites is 1. The second kappa shape index (κ2) is 9.25. The van der Waals surface area contributed by atoms with E-state index in [0.717, 1.165) is 17.1 Å². The van der Waals surface area contributed by atoms with Crippen LogP contribution in [0.3, 0.4) is 0 Å². The van der Waals surface area contributed by atoms with Gasteiger partial charge < -0.3 is 10.1 Å². The summed E-state index contributed by atoms with van der Waals surface area (Å²) in [6.07, 6.45) is 0. The van der Waals surface area contributed by atoms with Crippen LogP contribution in [0.5, 0.6) is 11.5 Å². The van der Waals surface area contributed by atoms with Crippen molar-refractivity contribution in [3.63, 3.8) is 0 Å². The zero-order chi connectivity index (χ0) is 22.6. The molecule has 0 unspecified atom stereocenters. The van der Waals surface area contributed by atoms with Crippen LogP contribution in [0.15, 0.2) is 101 Å². The summed E-state index contributed by atoms with van der Waals surface area (Å²) in [5.74, 6) is 1.10. The Hall–Kier alpha value is -3.62. The molecule has 0 spiro atoms. The molecule has 3 aromatic carbocycles. The number of amides is 1. The molecule has 0 aliphatic rings. The number of carbonyl (C=O) groups is 1. The third-order valence-electron chi connectivity index (χ3n) is 4.69. The minimum Gasteiger partial charge on any atom is -0.457 e. The molecule has 4 aromatic rings. The van der Waals surface area contributed by atoms with E-state index in [2.05, 4.69) is 5.32 Å². The van der Waals surface area contributed by atoms with Gasteiger partial charge >= 0.3 is 0 Å². The SMILES string of the molecule is CN(c1ccc(C(=O)Nc2ccc(Oc3ccccc3)cc2)cc1)S(=O)(=O)c1cccs1. The Kier molecular flexibility index (Phi) is 6.25. The van der Waals surface area contributed by atoms with Gasteiger partial charge in [-0.25, -0.2) is 8.42 Å². The average molecular weight is 465 g/mol. The van der Waals surface area contributed by atoms with Crippen LogP contribution in [-0.2, 0) is 10.0 Å². The first-order valence-corrected chi connectivity index (χ1v) is 12.0. The highest BCUT2D eigenvalue weighted by atomic mass is 32.2. The summed E-state index contributed by atoms with van der Waals surface area (Å²) in [5.41, 5.74) is 1.51. The fourth-order valence-corrected chi connectivity index (χ4v) is 5.30. The largest absolute Gasteiger partial charge is 0.457 e. The highest BCUT2D eigenvalue weighted by Gasteiger charge is 2.22. The van der Waals surface area contributed by atoms with Crippen LogP contribution in [0.2, 0.25) is 0 Å². The lowest BCUT2D eigenvalue weighted by Gasteiger charge is -2.18. The summed E-state index contributed by atoms with van der Waals surface area (Å²) >= 11 is 1.16. The molecule has 1 amide bonds. The fraction of sp³-hybridized carbons (Fsp3) is 0.0417. The molecule has 0 fully saturated rings. The van der Waals surface area contributed by atoms with Crippen molar-refractivity contribution in [1.82, 2.24) is 0 Å². The van der Waals surface area contributed by atoms with Crippen molar-refractivity contribution in [3.8, 4) is 11.5 Å². The van der Waals surface area contributed by atoms with E-state index in [9.17, 15) is 13.2 Å². The van der Waals surface area contributed by atoms with Gasteiger partial charge in [0.2, 0.25) is 0 Å². The molecule has 0 aliphatic carbocycles. The fourth-order valence-electron chi connectivity index (χ4n) is 2.94. The van der Waals surface area contributed by atoms with Crippen molar-refractivity contribution in [2.45, 2.75) is 4.21 Å². The predicted octanol–water partition coefficient (Wildman–Crippen LogP) is 5.62. The Morgan fingerprint density at radius 2 is 1.50 bits per heavy atom. The van der Waals surface area contributed by atoms with Crippen molar-refractivity contribution in [2.24, 2.45) is 0 Å². The molecule has 0 atom stereocenters. The number of carbonyl (C=O) groups excluding carboxylic acids is 1. The zero-order valence-electron chi connectivity index (χ0n) is 17.1. The number of ether oxygens (including phenoxy) is 1. The zero-order valence-corrected chi connectivity index (χ0v) is 18.8. The molecule has 32 heavy (non-hydrogen) atoms. The van der Waals surface area contributed by atoms with Gasteiger partial charge in [-0.2, -0.15) is 0 Å². The Bertz CT molecular complexity index is 1290. The van der Waals surface area contributed by atoms with Crippen molar-refractivity contribution in [3.05, 3.63) is 102 Å². The molecule has 0 saturated heterocycles. The molecule has 1 heterocycles. The Morgan fingerprint density at radius 3 is 2.12 bits per heavy atom. The first-order chi connectivity index (χ1) is 15.4. The molecule has 4 rings (SSSR count). The van der Waals surface area contributed by atoms with Crippen molar-refractivity contribution in [2.75, 3.05) is 16.7 Å². The van der Waals surface area contributed by atoms with E-state index in [0.29, 0.717) is 22.7 Å². The summed E-state index contributed by atoms with van der Waals surface area (Å²) in [4.78, 5) is 12.6. The van der Waals surface area contributed by atoms with Crippen LogP contribution in [-0.4, -0.2) is 21.4 Å². The Morgan fingerprint density at radius 1 is 0.844 bits per heavy atom. The van der Waals surface area contributed by atoms with Gasteiger partial charge in [-0.1, -0.05) is 24.3 Å². The molecular formula is C24H20N2O4S2. The third-order valence-corrected chi connectivity index (χ3v) is 7.85. The molecule has 162 valence electrons. The minimum atomic E-state index is -3.62. The maximum Gasteiger partial charge on any atom is 0.273 e. The summed E-state index contributed by atoms with van der Waals surface area (Å²) < 4.78 is 32.5. The highest BCUT2D eigenvalue weighted by molar-refractivity contribution is 7.94. The molecule has 1 N–H and O–H groups in total. The second-order valence-corrected chi connectivity index (χ2v) is 9.99. The van der Waals surface area contributed by atoms with E-state index >= 15 is 0 Å². The van der Waals surface area contributed by atoms with Crippen LogP contribution >= 0.6 is 11.3 Å². The van der Waals surface area contributed by atoms with E-state index in [1.165, 1.54) is 11.4 Å². The number of sulfonamides is 1. The van der Waals surface area contributed by atoms with Gasteiger partial charge in [0, 0.05) is 18.3 Å². The van der Waals surface area contributed by atoms with E-state index in [4.69, 9.17) is 4.74 Å². The maximum absolute atomic E-state index is 12.6. The number of thiophene rings is 1. The number of rotatable bonds is 7. The van der Waals surface area contributed by atoms with E-state index in [1.807, 2.05) is 30.3 Å². The van der Waals surface area contributed by atoms with Gasteiger partial charge in [-0.05, 0) is 72.1 Å². The first kappa shape index (κ1) is 21.6. The lowest BCUT2D eigenvalue weighted by Crippen LogP contribution is -2.25. The van der Waals surface area contributed by atoms with Crippen LogP contribution in [0.1, 0.15) is 10.4 Å². The summed E-state index contributed by atoms with van der Waals surface area (Å²) in [6, 6.07) is 26.2. The van der Waals surface area contributed by atoms with Gasteiger partial charge in [0.05, 0.1) is 5.69 Å². The smallest absolute Gasteiger partial charge is 0.273 e. The van der Waals surface area contributed by atoms with Gasteiger partial charge in [-0.3, -0.25) is 9.10 Å². The quantitative estimate of drug-likeness (QED) is 0.385. The van der Waals surface area contributed by atoms with E-state index in [-0.39, 0.29) is 10.1 Å². The van der Waals surface area contributed by atoms with Gasteiger partial charge in [0.25, 0.3) is 15.9 Å². The lowest BCUT2D eigenvalue weighted by atomic mass is 10.2. The molecule has 0 radical (unpaired) electrons. The molecule has 0 bridgehead atoms. The van der Waals surface area contributed by atoms with Gasteiger partial charge in [0.15, 0.2) is 0 Å². The Balaban J connectivity index is 1.41. The van der Waals surface area contributed by atoms with Crippen LogP contribution in [0, 0.1) is 0 Å². The molecular weight excluding hydrogens is 444 g/mol. The van der Waals surface area contributed by atoms with Crippen LogP contribution in [0.25, 0.3) is 0 Å². The number of hydrogen-bond acceptors (Lipinski definition) is 5. The summed E-state index contributed by atoms with van der Waals surface area (Å²) in [5, 5.41) is 4.54. The van der Waals surface area contributed by atoms with Gasteiger partial charge in [-0.15, -0.1) is 11.3 Å². The van der Waals surface area contributed by atoms with E-state index in [1.54, 1.807) is 66.0 Å². The molecule has 0 aliphatic heterocycles. The van der Waals surface area contributed by atoms with Crippen LogP contribution in [0.4, 0.5) is 11.4 Å². The summed E-state index contributed by atoms with van der Waals surface area (Å²) in [7, 11) is -2.13. The number of benzene rings is 3. The number of nitrogens with one attached hydrogen (secondary N) is 1. The Labute approximate surface area is 190 Å². The molecule has 0 saturated carbocycles.